The molecule has 0 unspecified atom stereocenters. The van der Waals surface area contributed by atoms with Crippen molar-refractivity contribution in [1.82, 2.24) is 10.2 Å². The first kappa shape index (κ1) is 36.3. The minimum absolute atomic E-state index is 0.199. The van der Waals surface area contributed by atoms with Crippen molar-refractivity contribution in [3.05, 3.63) is 58.1 Å². The monoisotopic (exact) mass is 618 g/mol. The molecule has 2 rings (SSSR count). The van der Waals surface area contributed by atoms with Crippen LogP contribution in [0.4, 0.5) is 0 Å². The predicted octanol–water partition coefficient (Wildman–Crippen LogP) is 6.89. The first-order valence-corrected chi connectivity index (χ1v) is 16.7. The summed E-state index contributed by atoms with van der Waals surface area (Å²) in [5.41, 5.74) is 2.39. The van der Waals surface area contributed by atoms with Crippen LogP contribution in [0.5, 0.6) is 11.5 Å². The van der Waals surface area contributed by atoms with Gasteiger partial charge >= 0.3 is 11.9 Å². The highest BCUT2D eigenvalue weighted by Crippen LogP contribution is 2.42. The Labute approximate surface area is 257 Å². The topological polar surface area (TPSA) is 123 Å². The molecule has 3 N–H and O–H groups in total. The molecule has 9 nitrogen and oxygen atoms in total. The van der Waals surface area contributed by atoms with E-state index in [4.69, 9.17) is 14.2 Å². The van der Waals surface area contributed by atoms with Crippen molar-refractivity contribution < 1.29 is 33.5 Å². The van der Waals surface area contributed by atoms with Crippen LogP contribution in [-0.2, 0) is 30.0 Å². The molecule has 0 fully saturated rings. The van der Waals surface area contributed by atoms with E-state index in [0.717, 1.165) is 27.8 Å². The number of esters is 2. The van der Waals surface area contributed by atoms with Gasteiger partial charge in [-0.15, -0.1) is 0 Å². The van der Waals surface area contributed by atoms with Gasteiger partial charge in [0.25, 0.3) is 0 Å². The van der Waals surface area contributed by atoms with Gasteiger partial charge in [0.2, 0.25) is 7.44 Å². The van der Waals surface area contributed by atoms with Crippen molar-refractivity contribution in [2.45, 2.75) is 119 Å². The van der Waals surface area contributed by atoms with E-state index in [9.17, 15) is 19.3 Å². The molecule has 0 radical (unpaired) electrons. The van der Waals surface area contributed by atoms with Gasteiger partial charge in [-0.25, -0.2) is 10.2 Å². The van der Waals surface area contributed by atoms with Crippen molar-refractivity contribution in [1.29, 1.82) is 0 Å². The summed E-state index contributed by atoms with van der Waals surface area (Å²) in [6.45, 7) is 21.3. The zero-order chi connectivity index (χ0) is 32.9. The zero-order valence-corrected chi connectivity index (χ0v) is 28.8. The summed E-state index contributed by atoms with van der Waals surface area (Å²) in [4.78, 5) is 25.7. The van der Waals surface area contributed by atoms with Crippen LogP contribution >= 0.6 is 7.44 Å². The summed E-state index contributed by atoms with van der Waals surface area (Å²) >= 11 is 0. The Morgan fingerprint density at radius 1 is 0.837 bits per heavy atom. The van der Waals surface area contributed by atoms with Crippen LogP contribution in [0, 0.1) is 13.8 Å². The van der Waals surface area contributed by atoms with Gasteiger partial charge in [0.15, 0.2) is 6.35 Å². The molecular formula is C33H51N2O7P. The lowest BCUT2D eigenvalue weighted by molar-refractivity contribution is -0.153. The SMILES string of the molecule is Cc1cc(OCP(=O)(NC(C)(C)C(=O)OC(C)C)NC(C)(C)C(=O)OC(C)C)cc(C)c1Cc1ccc(O)c(C(C)C)c1. The summed E-state index contributed by atoms with van der Waals surface area (Å²) in [5, 5.41) is 16.1. The van der Waals surface area contributed by atoms with E-state index in [1.54, 1.807) is 61.5 Å². The van der Waals surface area contributed by atoms with E-state index >= 15 is 0 Å². The largest absolute Gasteiger partial charge is 0.508 e. The maximum atomic E-state index is 14.4. The quantitative estimate of drug-likeness (QED) is 0.153. The normalized spacial score (nSPS) is 12.6. The molecule has 0 aliphatic carbocycles. The lowest BCUT2D eigenvalue weighted by Gasteiger charge is -2.35. The molecule has 0 saturated heterocycles. The number of benzene rings is 2. The van der Waals surface area contributed by atoms with Gasteiger partial charge in [-0.05, 0) is 128 Å². The van der Waals surface area contributed by atoms with Crippen molar-refractivity contribution in [3.8, 4) is 11.5 Å². The smallest absolute Gasteiger partial charge is 0.326 e. The van der Waals surface area contributed by atoms with E-state index in [2.05, 4.69) is 10.2 Å². The van der Waals surface area contributed by atoms with Crippen LogP contribution in [-0.4, -0.2) is 46.7 Å². The first-order chi connectivity index (χ1) is 19.7. The number of hydrogen-bond donors (Lipinski definition) is 3. The van der Waals surface area contributed by atoms with Gasteiger partial charge in [0.1, 0.15) is 22.6 Å². The second kappa shape index (κ2) is 14.3. The summed E-state index contributed by atoms with van der Waals surface area (Å²) in [6, 6.07) is 9.46. The average molecular weight is 619 g/mol. The number of aromatic hydroxyl groups is 1. The molecule has 0 spiro atoms. The molecule has 2 aromatic carbocycles. The van der Waals surface area contributed by atoms with Crippen LogP contribution in [0.3, 0.4) is 0 Å². The summed E-state index contributed by atoms with van der Waals surface area (Å²) in [5.74, 6) is -0.175. The number of carbonyl (C=O) groups excluding carboxylic acids is 2. The van der Waals surface area contributed by atoms with Gasteiger partial charge in [0, 0.05) is 0 Å². The molecule has 0 bridgehead atoms. The molecule has 240 valence electrons. The molecule has 0 saturated carbocycles. The van der Waals surface area contributed by atoms with Gasteiger partial charge in [0.05, 0.1) is 12.2 Å². The molecule has 0 aromatic heterocycles. The van der Waals surface area contributed by atoms with Gasteiger partial charge in [-0.3, -0.25) is 14.2 Å². The Bertz CT molecular complexity index is 1290. The highest BCUT2D eigenvalue weighted by Gasteiger charge is 2.43. The molecule has 0 aliphatic heterocycles. The number of phenols is 1. The predicted molar refractivity (Wildman–Crippen MR) is 171 cm³/mol. The van der Waals surface area contributed by atoms with Crippen LogP contribution in [0.15, 0.2) is 30.3 Å². The minimum atomic E-state index is -3.79. The fourth-order valence-corrected chi connectivity index (χ4v) is 7.18. The Hall–Kier alpha value is -2.87. The van der Waals surface area contributed by atoms with E-state index < -0.39 is 30.5 Å². The molecule has 0 aliphatic rings. The highest BCUT2D eigenvalue weighted by atomic mass is 31.2. The van der Waals surface area contributed by atoms with E-state index in [-0.39, 0.29) is 24.5 Å². The second-order valence-corrected chi connectivity index (χ2v) is 15.3. The maximum Gasteiger partial charge on any atom is 0.326 e. The molecule has 2 aromatic rings. The number of hydrogen-bond acceptors (Lipinski definition) is 7. The molecule has 43 heavy (non-hydrogen) atoms. The highest BCUT2D eigenvalue weighted by molar-refractivity contribution is 7.59. The van der Waals surface area contributed by atoms with E-state index in [1.807, 2.05) is 52.0 Å². The molecule has 0 heterocycles. The number of carbonyl (C=O) groups is 2. The summed E-state index contributed by atoms with van der Waals surface area (Å²) < 4.78 is 31.3. The number of rotatable bonds is 14. The van der Waals surface area contributed by atoms with Gasteiger partial charge in [-0.1, -0.05) is 26.0 Å². The van der Waals surface area contributed by atoms with Crippen molar-refractivity contribution in [2.75, 3.05) is 6.35 Å². The lowest BCUT2D eigenvalue weighted by atomic mass is 9.93. The van der Waals surface area contributed by atoms with Crippen LogP contribution in [0.25, 0.3) is 0 Å². The van der Waals surface area contributed by atoms with Crippen LogP contribution in [0.2, 0.25) is 0 Å². The molecule has 10 heteroatoms. The number of ether oxygens (including phenoxy) is 3. The molecular weight excluding hydrogens is 567 g/mol. The third-order valence-corrected chi connectivity index (χ3v) is 9.14. The third kappa shape index (κ3) is 10.4. The van der Waals surface area contributed by atoms with Crippen molar-refractivity contribution >= 4 is 19.4 Å². The van der Waals surface area contributed by atoms with E-state index in [0.29, 0.717) is 17.9 Å². The van der Waals surface area contributed by atoms with Crippen molar-refractivity contribution in [2.24, 2.45) is 0 Å². The van der Waals surface area contributed by atoms with Crippen LogP contribution < -0.4 is 14.9 Å². The van der Waals surface area contributed by atoms with Gasteiger partial charge < -0.3 is 19.3 Å². The fraction of sp³-hybridized carbons (Fsp3) is 0.576. The standard InChI is InChI=1S/C33H51N2O7P/c1-20(2)27-17-25(13-14-29(27)36)18-28-23(7)15-26(16-24(28)8)40-19-43(39,34-32(9,10)30(37)41-21(3)4)35-33(11,12)31(38)42-22(5)6/h13-17,20-22,36H,18-19H2,1-12H3,(H2,34,35,39). The second-order valence-electron chi connectivity index (χ2n) is 13.2. The number of phenolic OH excluding ortho intramolecular Hbond substituents is 1. The molecule has 0 amide bonds. The van der Waals surface area contributed by atoms with Crippen molar-refractivity contribution in [3.63, 3.8) is 0 Å². The number of nitrogens with one attached hydrogen (secondary N) is 2. The maximum absolute atomic E-state index is 14.4. The van der Waals surface area contributed by atoms with Crippen LogP contribution in [0.1, 0.15) is 103 Å². The summed E-state index contributed by atoms with van der Waals surface area (Å²) in [7, 11) is -3.79. The first-order valence-electron chi connectivity index (χ1n) is 14.8. The zero-order valence-electron chi connectivity index (χ0n) is 27.9. The Morgan fingerprint density at radius 3 is 1.72 bits per heavy atom. The minimum Gasteiger partial charge on any atom is -0.508 e. The fourth-order valence-electron chi connectivity index (χ4n) is 4.67. The van der Waals surface area contributed by atoms with E-state index in [1.165, 1.54) is 0 Å². The Kier molecular flexibility index (Phi) is 12.1. The average Bonchev–Trinajstić information content (AvgIpc) is 2.84. The third-order valence-electron chi connectivity index (χ3n) is 6.80. The Balaban J connectivity index is 2.36. The lowest BCUT2D eigenvalue weighted by Crippen LogP contribution is -2.54. The van der Waals surface area contributed by atoms with Gasteiger partial charge in [-0.2, -0.15) is 0 Å². The number of aryl methyl sites for hydroxylation is 2. The Morgan fingerprint density at radius 2 is 1.30 bits per heavy atom. The summed E-state index contributed by atoms with van der Waals surface area (Å²) in [6.07, 6.45) is -0.398. The molecule has 0 atom stereocenters.